The summed E-state index contributed by atoms with van der Waals surface area (Å²) in [6, 6.07) is 6.51. The standard InChI is InChI=1S/C18H26N2O5S/c1-24-13-17(8-3-11-19-17)12-20-26(22,23)15-6-4-14(5-7-15)18(9-10-18)16(21)25-2/h4-7,19-20H,3,8-13H2,1-2H3. The van der Waals surface area contributed by atoms with E-state index in [1.54, 1.807) is 31.4 Å². The zero-order valence-corrected chi connectivity index (χ0v) is 16.0. The van der Waals surface area contributed by atoms with Gasteiger partial charge in [-0.3, -0.25) is 4.79 Å². The Kier molecular flexibility index (Phi) is 5.39. The highest BCUT2D eigenvalue weighted by Crippen LogP contribution is 2.49. The van der Waals surface area contributed by atoms with E-state index in [1.807, 2.05) is 0 Å². The summed E-state index contributed by atoms with van der Waals surface area (Å²) in [5.41, 5.74) is -0.150. The van der Waals surface area contributed by atoms with Gasteiger partial charge in [-0.05, 0) is 49.9 Å². The summed E-state index contributed by atoms with van der Waals surface area (Å²) in [7, 11) is -0.645. The first-order valence-electron chi connectivity index (χ1n) is 8.80. The average Bonchev–Trinajstić information content (AvgIpc) is 3.34. The molecule has 0 radical (unpaired) electrons. The average molecular weight is 382 g/mol. The molecule has 1 atom stereocenters. The van der Waals surface area contributed by atoms with Gasteiger partial charge in [0.25, 0.3) is 0 Å². The predicted molar refractivity (Wildman–Crippen MR) is 96.4 cm³/mol. The molecule has 1 unspecified atom stereocenters. The Morgan fingerprint density at radius 2 is 1.88 bits per heavy atom. The number of ether oxygens (including phenoxy) is 2. The Hall–Kier alpha value is -1.48. The molecule has 1 saturated heterocycles. The fraction of sp³-hybridized carbons (Fsp3) is 0.611. The van der Waals surface area contributed by atoms with Crippen molar-refractivity contribution < 1.29 is 22.7 Å². The Balaban J connectivity index is 1.71. The molecule has 1 heterocycles. The Labute approximate surface area is 154 Å². The highest BCUT2D eigenvalue weighted by atomic mass is 32.2. The van der Waals surface area contributed by atoms with E-state index < -0.39 is 15.4 Å². The van der Waals surface area contributed by atoms with E-state index >= 15 is 0 Å². The summed E-state index contributed by atoms with van der Waals surface area (Å²) in [5, 5.41) is 3.35. The molecule has 7 nitrogen and oxygen atoms in total. The van der Waals surface area contributed by atoms with Crippen molar-refractivity contribution in [2.75, 3.05) is 33.9 Å². The molecular weight excluding hydrogens is 356 g/mol. The second kappa shape index (κ2) is 7.26. The molecule has 0 aromatic heterocycles. The van der Waals surface area contributed by atoms with Crippen molar-refractivity contribution in [2.24, 2.45) is 0 Å². The van der Waals surface area contributed by atoms with Crippen molar-refractivity contribution in [3.8, 4) is 0 Å². The molecular formula is C18H26N2O5S. The molecule has 1 saturated carbocycles. The molecule has 1 aromatic carbocycles. The molecule has 1 aliphatic heterocycles. The van der Waals surface area contributed by atoms with Crippen LogP contribution >= 0.6 is 0 Å². The zero-order valence-electron chi connectivity index (χ0n) is 15.2. The normalized spacial score (nSPS) is 24.4. The number of carbonyl (C=O) groups is 1. The van der Waals surface area contributed by atoms with E-state index in [2.05, 4.69) is 10.0 Å². The van der Waals surface area contributed by atoms with Crippen molar-refractivity contribution in [3.63, 3.8) is 0 Å². The van der Waals surface area contributed by atoms with Crippen LogP contribution in [0.5, 0.6) is 0 Å². The summed E-state index contributed by atoms with van der Waals surface area (Å²) in [5.74, 6) is -0.264. The van der Waals surface area contributed by atoms with Crippen LogP contribution in [-0.4, -0.2) is 53.8 Å². The molecule has 8 heteroatoms. The molecule has 1 aliphatic carbocycles. The molecule has 2 aliphatic rings. The smallest absolute Gasteiger partial charge is 0.316 e. The van der Waals surface area contributed by atoms with Crippen molar-refractivity contribution in [2.45, 2.75) is 41.5 Å². The largest absolute Gasteiger partial charge is 0.468 e. The third kappa shape index (κ3) is 3.64. The molecule has 1 aromatic rings. The number of rotatable bonds is 8. The van der Waals surface area contributed by atoms with Crippen molar-refractivity contribution in [1.82, 2.24) is 10.0 Å². The second-order valence-corrected chi connectivity index (χ2v) is 8.93. The van der Waals surface area contributed by atoms with E-state index in [4.69, 9.17) is 9.47 Å². The van der Waals surface area contributed by atoms with Gasteiger partial charge in [-0.2, -0.15) is 0 Å². The highest BCUT2D eigenvalue weighted by Gasteiger charge is 2.52. The first kappa shape index (κ1) is 19.3. The first-order chi connectivity index (χ1) is 12.4. The van der Waals surface area contributed by atoms with Crippen LogP contribution in [-0.2, 0) is 29.7 Å². The number of sulfonamides is 1. The van der Waals surface area contributed by atoms with Gasteiger partial charge in [-0.1, -0.05) is 12.1 Å². The fourth-order valence-corrected chi connectivity index (χ4v) is 4.80. The number of benzene rings is 1. The minimum Gasteiger partial charge on any atom is -0.468 e. The van der Waals surface area contributed by atoms with Crippen LogP contribution in [0, 0.1) is 0 Å². The first-order valence-corrected chi connectivity index (χ1v) is 10.3. The minimum absolute atomic E-state index is 0.187. The monoisotopic (exact) mass is 382 g/mol. The SMILES string of the molecule is COCC1(CNS(=O)(=O)c2ccc(C3(C(=O)OC)CC3)cc2)CCCN1. The number of esters is 1. The summed E-state index contributed by atoms with van der Waals surface area (Å²) in [4.78, 5) is 12.1. The molecule has 2 fully saturated rings. The van der Waals surface area contributed by atoms with Gasteiger partial charge in [0.05, 0.1) is 29.6 Å². The van der Waals surface area contributed by atoms with Gasteiger partial charge in [-0.15, -0.1) is 0 Å². The fourth-order valence-electron chi connectivity index (χ4n) is 3.67. The van der Waals surface area contributed by atoms with Crippen LogP contribution in [0.2, 0.25) is 0 Å². The van der Waals surface area contributed by atoms with E-state index in [0.29, 0.717) is 6.61 Å². The maximum Gasteiger partial charge on any atom is 0.316 e. The Bertz CT molecular complexity index is 750. The molecule has 144 valence electrons. The van der Waals surface area contributed by atoms with Gasteiger partial charge in [-0.25, -0.2) is 13.1 Å². The maximum atomic E-state index is 12.6. The van der Waals surface area contributed by atoms with Gasteiger partial charge in [0.1, 0.15) is 0 Å². The van der Waals surface area contributed by atoms with Gasteiger partial charge >= 0.3 is 5.97 Å². The lowest BCUT2D eigenvalue weighted by Crippen LogP contribution is -2.52. The zero-order chi connectivity index (χ0) is 18.8. The van der Waals surface area contributed by atoms with Crippen LogP contribution in [0.15, 0.2) is 29.2 Å². The number of hydrogen-bond acceptors (Lipinski definition) is 6. The Morgan fingerprint density at radius 3 is 2.38 bits per heavy atom. The number of carbonyl (C=O) groups excluding carboxylic acids is 1. The van der Waals surface area contributed by atoms with Crippen LogP contribution in [0.4, 0.5) is 0 Å². The van der Waals surface area contributed by atoms with Crippen LogP contribution in [0.3, 0.4) is 0 Å². The summed E-state index contributed by atoms with van der Waals surface area (Å²) >= 11 is 0. The van der Waals surface area contributed by atoms with Crippen molar-refractivity contribution in [3.05, 3.63) is 29.8 Å². The van der Waals surface area contributed by atoms with E-state index in [0.717, 1.165) is 37.8 Å². The molecule has 3 rings (SSSR count). The molecule has 0 bridgehead atoms. The maximum absolute atomic E-state index is 12.6. The second-order valence-electron chi connectivity index (χ2n) is 7.17. The number of hydrogen-bond donors (Lipinski definition) is 2. The Morgan fingerprint density at radius 1 is 1.19 bits per heavy atom. The van der Waals surface area contributed by atoms with Crippen LogP contribution < -0.4 is 10.0 Å². The van der Waals surface area contributed by atoms with Gasteiger partial charge in [0.15, 0.2) is 0 Å². The highest BCUT2D eigenvalue weighted by molar-refractivity contribution is 7.89. The summed E-state index contributed by atoms with van der Waals surface area (Å²) < 4.78 is 38.1. The lowest BCUT2D eigenvalue weighted by molar-refractivity contribution is -0.143. The summed E-state index contributed by atoms with van der Waals surface area (Å²) in [6.07, 6.45) is 3.32. The lowest BCUT2D eigenvalue weighted by Gasteiger charge is -2.28. The predicted octanol–water partition coefficient (Wildman–Crippen LogP) is 0.938. The van der Waals surface area contributed by atoms with Crippen molar-refractivity contribution >= 4 is 16.0 Å². The van der Waals surface area contributed by atoms with Gasteiger partial charge in [0, 0.05) is 13.7 Å². The van der Waals surface area contributed by atoms with Crippen LogP contribution in [0.25, 0.3) is 0 Å². The molecule has 26 heavy (non-hydrogen) atoms. The third-order valence-electron chi connectivity index (χ3n) is 5.40. The summed E-state index contributed by atoms with van der Waals surface area (Å²) in [6.45, 7) is 1.59. The van der Waals surface area contributed by atoms with Gasteiger partial charge < -0.3 is 14.8 Å². The molecule has 0 spiro atoms. The number of methoxy groups -OCH3 is 2. The van der Waals surface area contributed by atoms with E-state index in [1.165, 1.54) is 7.11 Å². The quantitative estimate of drug-likeness (QED) is 0.650. The van der Waals surface area contributed by atoms with Crippen LogP contribution in [0.1, 0.15) is 31.2 Å². The molecule has 2 N–H and O–H groups in total. The lowest BCUT2D eigenvalue weighted by atomic mass is 9.96. The third-order valence-corrected chi connectivity index (χ3v) is 6.81. The van der Waals surface area contributed by atoms with Crippen molar-refractivity contribution in [1.29, 1.82) is 0 Å². The van der Waals surface area contributed by atoms with Gasteiger partial charge in [0.2, 0.25) is 10.0 Å². The minimum atomic E-state index is -3.63. The number of nitrogens with one attached hydrogen (secondary N) is 2. The topological polar surface area (TPSA) is 93.7 Å². The van der Waals surface area contributed by atoms with E-state index in [-0.39, 0.29) is 22.9 Å². The molecule has 0 amide bonds. The van der Waals surface area contributed by atoms with E-state index in [9.17, 15) is 13.2 Å².